The molecule has 0 saturated heterocycles. The van der Waals surface area contributed by atoms with E-state index in [-0.39, 0.29) is 5.78 Å². The number of ketones is 1. The summed E-state index contributed by atoms with van der Waals surface area (Å²) < 4.78 is 10.2. The molecule has 3 nitrogen and oxygen atoms in total. The minimum atomic E-state index is -0.202. The van der Waals surface area contributed by atoms with Crippen LogP contribution in [0.3, 0.4) is 0 Å². The highest BCUT2D eigenvalue weighted by Gasteiger charge is 2.09. The van der Waals surface area contributed by atoms with Gasteiger partial charge in [-0.1, -0.05) is 19.2 Å². The highest BCUT2D eigenvalue weighted by molar-refractivity contribution is 6.25. The molecule has 1 rings (SSSR count). The molecule has 0 saturated carbocycles. The van der Waals surface area contributed by atoms with Crippen molar-refractivity contribution in [2.24, 2.45) is 0 Å². The summed E-state index contributed by atoms with van der Waals surface area (Å²) in [5.74, 6) is 0.982. The van der Waals surface area contributed by atoms with Crippen LogP contribution in [0, 0.1) is 0 Å². The summed E-state index contributed by atoms with van der Waals surface area (Å²) in [6.07, 6.45) is 1.24. The van der Waals surface area contributed by atoms with Crippen molar-refractivity contribution in [1.82, 2.24) is 0 Å². The van der Waals surface area contributed by atoms with E-state index in [0.717, 1.165) is 0 Å². The van der Waals surface area contributed by atoms with Crippen molar-refractivity contribution in [2.45, 2.75) is 0 Å². The van der Waals surface area contributed by atoms with E-state index >= 15 is 0 Å². The minimum absolute atomic E-state index is 0.202. The Morgan fingerprint density at radius 1 is 1.25 bits per heavy atom. The Labute approximate surface area is 95.0 Å². The topological polar surface area (TPSA) is 35.5 Å². The number of methoxy groups -OCH3 is 2. The molecular weight excluding hydrogens is 204 g/mol. The number of ether oxygens (including phenoxy) is 2. The van der Waals surface area contributed by atoms with Crippen LogP contribution >= 0.6 is 0 Å². The smallest absolute Gasteiger partial charge is 0.185 e. The molecular formula is C13H14O3. The second-order valence-electron chi connectivity index (χ2n) is 3.12. The number of hydrogen-bond acceptors (Lipinski definition) is 3. The number of benzene rings is 1. The fraction of sp³-hybridized carbons (Fsp3) is 0.154. The van der Waals surface area contributed by atoms with Crippen LogP contribution in [0.5, 0.6) is 11.5 Å². The molecule has 0 radical (unpaired) electrons. The molecule has 0 amide bonds. The third-order valence-corrected chi connectivity index (χ3v) is 2.21. The zero-order valence-electron chi connectivity index (χ0n) is 9.45. The lowest BCUT2D eigenvalue weighted by molar-refractivity contribution is -0.109. The monoisotopic (exact) mass is 218 g/mol. The first-order chi connectivity index (χ1) is 7.63. The first kappa shape index (κ1) is 12.0. The first-order valence-corrected chi connectivity index (χ1v) is 4.72. The number of carbonyl (C=O) groups excluding carboxylic acids is 1. The Bertz CT molecular complexity index is 433. The average molecular weight is 218 g/mol. The number of hydrogen-bond donors (Lipinski definition) is 0. The molecule has 0 N–H and O–H groups in total. The summed E-state index contributed by atoms with van der Waals surface area (Å²) in [6, 6.07) is 5.20. The van der Waals surface area contributed by atoms with Crippen molar-refractivity contribution in [1.29, 1.82) is 0 Å². The van der Waals surface area contributed by atoms with Gasteiger partial charge in [-0.3, -0.25) is 4.79 Å². The van der Waals surface area contributed by atoms with Gasteiger partial charge in [-0.05, 0) is 23.8 Å². The van der Waals surface area contributed by atoms with E-state index in [1.165, 1.54) is 6.08 Å². The maximum Gasteiger partial charge on any atom is 0.185 e. The van der Waals surface area contributed by atoms with Crippen LogP contribution in [0.25, 0.3) is 5.57 Å². The molecule has 16 heavy (non-hydrogen) atoms. The van der Waals surface area contributed by atoms with Gasteiger partial charge in [-0.15, -0.1) is 0 Å². The predicted molar refractivity (Wildman–Crippen MR) is 63.8 cm³/mol. The zero-order valence-corrected chi connectivity index (χ0v) is 9.45. The predicted octanol–water partition coefficient (Wildman–Crippen LogP) is 2.47. The molecule has 3 heteroatoms. The third kappa shape index (κ3) is 2.31. The lowest BCUT2D eigenvalue weighted by Gasteiger charge is -2.09. The molecule has 0 aliphatic carbocycles. The van der Waals surface area contributed by atoms with E-state index in [0.29, 0.717) is 22.6 Å². The number of carbonyl (C=O) groups is 1. The van der Waals surface area contributed by atoms with Gasteiger partial charge in [0.15, 0.2) is 17.3 Å². The van der Waals surface area contributed by atoms with Gasteiger partial charge >= 0.3 is 0 Å². The molecule has 0 fully saturated rings. The SMILES string of the molecule is C=CC(=O)C(=C)c1ccc(OC)c(OC)c1. The summed E-state index contributed by atoms with van der Waals surface area (Å²) in [5, 5.41) is 0. The van der Waals surface area contributed by atoms with E-state index in [1.807, 2.05) is 0 Å². The molecule has 84 valence electrons. The standard InChI is InChI=1S/C13H14O3/c1-5-11(14)9(2)10-6-7-12(15-3)13(8-10)16-4/h5-8H,1-2H2,3-4H3. The third-order valence-electron chi connectivity index (χ3n) is 2.21. The number of allylic oxidation sites excluding steroid dienone is 2. The van der Waals surface area contributed by atoms with Crippen molar-refractivity contribution in [2.75, 3.05) is 14.2 Å². The Hall–Kier alpha value is -2.03. The molecule has 0 heterocycles. The van der Waals surface area contributed by atoms with Gasteiger partial charge in [-0.25, -0.2) is 0 Å². The maximum absolute atomic E-state index is 11.4. The van der Waals surface area contributed by atoms with E-state index in [9.17, 15) is 4.79 Å². The van der Waals surface area contributed by atoms with Crippen LogP contribution in [-0.2, 0) is 4.79 Å². The van der Waals surface area contributed by atoms with E-state index < -0.39 is 0 Å². The zero-order chi connectivity index (χ0) is 12.1. The van der Waals surface area contributed by atoms with Crippen LogP contribution in [-0.4, -0.2) is 20.0 Å². The summed E-state index contributed by atoms with van der Waals surface area (Å²) in [7, 11) is 3.10. The molecule has 1 aromatic carbocycles. The van der Waals surface area contributed by atoms with Crippen molar-refractivity contribution in [3.05, 3.63) is 43.0 Å². The Morgan fingerprint density at radius 2 is 1.88 bits per heavy atom. The van der Waals surface area contributed by atoms with Gasteiger partial charge in [0.05, 0.1) is 14.2 Å². The summed E-state index contributed by atoms with van der Waals surface area (Å²) in [5.41, 5.74) is 1.08. The Balaban J connectivity index is 3.12. The highest BCUT2D eigenvalue weighted by Crippen LogP contribution is 2.30. The van der Waals surface area contributed by atoms with E-state index in [4.69, 9.17) is 9.47 Å². The van der Waals surface area contributed by atoms with Gasteiger partial charge in [0, 0.05) is 5.57 Å². The van der Waals surface area contributed by atoms with Crippen LogP contribution in [0.1, 0.15) is 5.56 Å². The maximum atomic E-state index is 11.4. The largest absolute Gasteiger partial charge is 0.493 e. The minimum Gasteiger partial charge on any atom is -0.493 e. The molecule has 0 aliphatic rings. The van der Waals surface area contributed by atoms with Crippen LogP contribution in [0.15, 0.2) is 37.4 Å². The highest BCUT2D eigenvalue weighted by atomic mass is 16.5. The van der Waals surface area contributed by atoms with Gasteiger partial charge < -0.3 is 9.47 Å². The second kappa shape index (κ2) is 5.16. The van der Waals surface area contributed by atoms with Crippen LogP contribution in [0.4, 0.5) is 0 Å². The summed E-state index contributed by atoms with van der Waals surface area (Å²) in [4.78, 5) is 11.4. The fourth-order valence-corrected chi connectivity index (χ4v) is 1.29. The van der Waals surface area contributed by atoms with Crippen LogP contribution in [0.2, 0.25) is 0 Å². The molecule has 0 aromatic heterocycles. The molecule has 0 bridgehead atoms. The fourth-order valence-electron chi connectivity index (χ4n) is 1.29. The van der Waals surface area contributed by atoms with Gasteiger partial charge in [0.25, 0.3) is 0 Å². The second-order valence-corrected chi connectivity index (χ2v) is 3.12. The Kier molecular flexibility index (Phi) is 3.89. The van der Waals surface area contributed by atoms with Gasteiger partial charge in [0.1, 0.15) is 0 Å². The average Bonchev–Trinajstić information content (AvgIpc) is 2.35. The molecule has 0 unspecified atom stereocenters. The Morgan fingerprint density at radius 3 is 2.38 bits per heavy atom. The van der Waals surface area contributed by atoms with Gasteiger partial charge in [-0.2, -0.15) is 0 Å². The van der Waals surface area contributed by atoms with Crippen LogP contribution < -0.4 is 9.47 Å². The molecule has 1 aromatic rings. The van der Waals surface area contributed by atoms with E-state index in [2.05, 4.69) is 13.2 Å². The van der Waals surface area contributed by atoms with Crippen molar-refractivity contribution in [3.63, 3.8) is 0 Å². The van der Waals surface area contributed by atoms with Crippen molar-refractivity contribution in [3.8, 4) is 11.5 Å². The molecule has 0 spiro atoms. The molecule has 0 aliphatic heterocycles. The van der Waals surface area contributed by atoms with Crippen molar-refractivity contribution >= 4 is 11.4 Å². The summed E-state index contributed by atoms with van der Waals surface area (Å²) >= 11 is 0. The lowest BCUT2D eigenvalue weighted by Crippen LogP contribution is -1.97. The van der Waals surface area contributed by atoms with E-state index in [1.54, 1.807) is 32.4 Å². The normalized spacial score (nSPS) is 9.38. The van der Waals surface area contributed by atoms with Crippen molar-refractivity contribution < 1.29 is 14.3 Å². The molecule has 0 atom stereocenters. The lowest BCUT2D eigenvalue weighted by atomic mass is 10.0. The van der Waals surface area contributed by atoms with Gasteiger partial charge in [0.2, 0.25) is 0 Å². The quantitative estimate of drug-likeness (QED) is 0.712. The first-order valence-electron chi connectivity index (χ1n) is 4.72. The summed E-state index contributed by atoms with van der Waals surface area (Å²) in [6.45, 7) is 7.13. The number of rotatable bonds is 5.